The fourth-order valence-corrected chi connectivity index (χ4v) is 1.03. The Morgan fingerprint density at radius 2 is 1.62 bits per heavy atom. The number of hydrogen-bond donors (Lipinski definition) is 2. The maximum atomic E-state index is 10.4. The van der Waals surface area contributed by atoms with Crippen LogP contribution in [0.4, 0.5) is 5.69 Å². The first-order valence-electron chi connectivity index (χ1n) is 3.66. The average Bonchev–Trinajstić information content (AvgIpc) is 2.16. The predicted molar refractivity (Wildman–Crippen MR) is 44.9 cm³/mol. The molecular weight excluding hydrogens is 174 g/mol. The van der Waals surface area contributed by atoms with Crippen LogP contribution in [0.5, 0.6) is 0 Å². The van der Waals surface area contributed by atoms with Gasteiger partial charge in [-0.1, -0.05) is 6.07 Å². The molecule has 13 heavy (non-hydrogen) atoms. The lowest BCUT2D eigenvalue weighted by Gasteiger charge is -2.00. The Hall–Kier alpha value is -1.46. The molecule has 0 aliphatic carbocycles. The number of hydrogen-bond acceptors (Lipinski definition) is 4. The molecule has 0 aliphatic rings. The van der Waals surface area contributed by atoms with Gasteiger partial charge in [-0.05, 0) is 11.1 Å². The molecule has 0 aliphatic heterocycles. The highest BCUT2D eigenvalue weighted by Crippen LogP contribution is 2.17. The van der Waals surface area contributed by atoms with Crippen LogP contribution in [0.2, 0.25) is 0 Å². The number of benzene rings is 1. The van der Waals surface area contributed by atoms with Crippen molar-refractivity contribution in [1.82, 2.24) is 0 Å². The molecule has 0 spiro atoms. The van der Waals surface area contributed by atoms with Crippen LogP contribution in [0.25, 0.3) is 0 Å². The summed E-state index contributed by atoms with van der Waals surface area (Å²) in [6, 6.07) is 4.07. The highest BCUT2D eigenvalue weighted by Gasteiger charge is 2.08. The second-order valence-corrected chi connectivity index (χ2v) is 2.58. The van der Waals surface area contributed by atoms with Crippen LogP contribution in [0, 0.1) is 10.1 Å². The molecule has 5 heteroatoms. The Labute approximate surface area is 74.4 Å². The van der Waals surface area contributed by atoms with E-state index in [2.05, 4.69) is 0 Å². The fraction of sp³-hybridized carbons (Fsp3) is 0.250. The van der Waals surface area contributed by atoms with Crippen molar-refractivity contribution in [3.8, 4) is 0 Å². The van der Waals surface area contributed by atoms with E-state index in [9.17, 15) is 10.1 Å². The van der Waals surface area contributed by atoms with E-state index in [1.165, 1.54) is 18.2 Å². The van der Waals surface area contributed by atoms with Crippen LogP contribution < -0.4 is 0 Å². The zero-order chi connectivity index (χ0) is 9.84. The molecule has 1 rings (SSSR count). The van der Waals surface area contributed by atoms with E-state index in [0.29, 0.717) is 11.1 Å². The summed E-state index contributed by atoms with van der Waals surface area (Å²) in [6.07, 6.45) is 0. The van der Waals surface area contributed by atoms with Gasteiger partial charge in [-0.2, -0.15) is 0 Å². The number of aliphatic hydroxyl groups is 2. The Bertz CT molecular complexity index is 302. The van der Waals surface area contributed by atoms with E-state index in [-0.39, 0.29) is 18.9 Å². The van der Waals surface area contributed by atoms with Crippen molar-refractivity contribution in [2.75, 3.05) is 0 Å². The van der Waals surface area contributed by atoms with E-state index in [0.717, 1.165) is 0 Å². The van der Waals surface area contributed by atoms with Gasteiger partial charge in [0.15, 0.2) is 0 Å². The van der Waals surface area contributed by atoms with E-state index in [1.807, 2.05) is 0 Å². The first-order chi connectivity index (χ1) is 6.17. The van der Waals surface area contributed by atoms with Crippen molar-refractivity contribution in [1.29, 1.82) is 0 Å². The van der Waals surface area contributed by atoms with Gasteiger partial charge in [0.25, 0.3) is 5.69 Å². The zero-order valence-electron chi connectivity index (χ0n) is 6.80. The van der Waals surface area contributed by atoms with Crippen molar-refractivity contribution < 1.29 is 15.1 Å². The summed E-state index contributed by atoms with van der Waals surface area (Å²) in [5, 5.41) is 27.9. The summed E-state index contributed by atoms with van der Waals surface area (Å²) in [5.74, 6) is 0. The van der Waals surface area contributed by atoms with Crippen LogP contribution in [0.1, 0.15) is 11.1 Å². The molecule has 0 bridgehead atoms. The number of aliphatic hydroxyl groups excluding tert-OH is 2. The molecule has 0 fully saturated rings. The van der Waals surface area contributed by atoms with E-state index >= 15 is 0 Å². The van der Waals surface area contributed by atoms with E-state index in [1.54, 1.807) is 0 Å². The average molecular weight is 183 g/mol. The molecule has 2 N–H and O–H groups in total. The van der Waals surface area contributed by atoms with E-state index < -0.39 is 4.92 Å². The summed E-state index contributed by atoms with van der Waals surface area (Å²) in [7, 11) is 0. The van der Waals surface area contributed by atoms with Gasteiger partial charge in [-0.3, -0.25) is 10.1 Å². The van der Waals surface area contributed by atoms with E-state index in [4.69, 9.17) is 10.2 Å². The minimum Gasteiger partial charge on any atom is -0.392 e. The number of nitro benzene ring substituents is 1. The van der Waals surface area contributed by atoms with Crippen LogP contribution >= 0.6 is 0 Å². The third-order valence-corrected chi connectivity index (χ3v) is 1.61. The topological polar surface area (TPSA) is 83.6 Å². The molecule has 0 amide bonds. The molecule has 0 heterocycles. The van der Waals surface area contributed by atoms with Gasteiger partial charge in [0, 0.05) is 12.1 Å². The first kappa shape index (κ1) is 9.63. The minimum atomic E-state index is -0.557. The summed E-state index contributed by atoms with van der Waals surface area (Å²) in [6.45, 7) is -0.538. The summed E-state index contributed by atoms with van der Waals surface area (Å²) < 4.78 is 0. The molecule has 1 aromatic carbocycles. The molecular formula is C8H9NO4. The summed E-state index contributed by atoms with van der Waals surface area (Å²) in [4.78, 5) is 9.82. The Kier molecular flexibility index (Phi) is 2.94. The van der Waals surface area contributed by atoms with Crippen LogP contribution in [0.3, 0.4) is 0 Å². The van der Waals surface area contributed by atoms with Gasteiger partial charge in [0.1, 0.15) is 0 Å². The standard InChI is InChI=1S/C8H9NO4/c10-4-6-1-7(5-11)3-8(2-6)9(12)13/h1-3,10-11H,4-5H2. The third kappa shape index (κ3) is 2.24. The highest BCUT2D eigenvalue weighted by atomic mass is 16.6. The van der Waals surface area contributed by atoms with Crippen molar-refractivity contribution in [3.63, 3.8) is 0 Å². The normalized spacial score (nSPS) is 10.0. The molecule has 0 aromatic heterocycles. The van der Waals surface area contributed by atoms with Crippen molar-refractivity contribution in [2.24, 2.45) is 0 Å². The van der Waals surface area contributed by atoms with Gasteiger partial charge in [0.05, 0.1) is 18.1 Å². The zero-order valence-corrected chi connectivity index (χ0v) is 6.80. The van der Waals surface area contributed by atoms with Crippen molar-refractivity contribution >= 4 is 5.69 Å². The number of nitrogens with zero attached hydrogens (tertiary/aromatic N) is 1. The summed E-state index contributed by atoms with van der Waals surface area (Å²) in [5.41, 5.74) is 0.743. The summed E-state index contributed by atoms with van der Waals surface area (Å²) >= 11 is 0. The molecule has 0 atom stereocenters. The molecule has 0 unspecified atom stereocenters. The second-order valence-electron chi connectivity index (χ2n) is 2.58. The molecule has 5 nitrogen and oxygen atoms in total. The number of nitro groups is 1. The fourth-order valence-electron chi connectivity index (χ4n) is 1.03. The van der Waals surface area contributed by atoms with Gasteiger partial charge in [-0.15, -0.1) is 0 Å². The molecule has 0 saturated carbocycles. The van der Waals surface area contributed by atoms with Crippen LogP contribution in [-0.4, -0.2) is 15.1 Å². The Morgan fingerprint density at radius 1 is 1.15 bits per heavy atom. The largest absolute Gasteiger partial charge is 0.392 e. The van der Waals surface area contributed by atoms with Crippen LogP contribution in [0.15, 0.2) is 18.2 Å². The highest BCUT2D eigenvalue weighted by molar-refractivity contribution is 5.38. The second kappa shape index (κ2) is 3.97. The van der Waals surface area contributed by atoms with Crippen LogP contribution in [-0.2, 0) is 13.2 Å². The smallest absolute Gasteiger partial charge is 0.270 e. The van der Waals surface area contributed by atoms with Gasteiger partial charge >= 0.3 is 0 Å². The minimum absolute atomic E-state index is 0.115. The maximum absolute atomic E-state index is 10.4. The lowest BCUT2D eigenvalue weighted by Crippen LogP contribution is -1.94. The third-order valence-electron chi connectivity index (χ3n) is 1.61. The Morgan fingerprint density at radius 3 is 1.92 bits per heavy atom. The maximum Gasteiger partial charge on any atom is 0.270 e. The Balaban J connectivity index is 3.14. The van der Waals surface area contributed by atoms with Gasteiger partial charge in [-0.25, -0.2) is 0 Å². The monoisotopic (exact) mass is 183 g/mol. The lowest BCUT2D eigenvalue weighted by atomic mass is 10.1. The molecule has 1 aromatic rings. The van der Waals surface area contributed by atoms with Crippen molar-refractivity contribution in [2.45, 2.75) is 13.2 Å². The number of rotatable bonds is 3. The molecule has 0 radical (unpaired) electrons. The SMILES string of the molecule is O=[N+]([O-])c1cc(CO)cc(CO)c1. The first-order valence-corrected chi connectivity index (χ1v) is 3.66. The predicted octanol–water partition coefficient (Wildman–Crippen LogP) is 0.579. The van der Waals surface area contributed by atoms with Crippen molar-refractivity contribution in [3.05, 3.63) is 39.4 Å². The number of non-ortho nitro benzene ring substituents is 1. The quantitative estimate of drug-likeness (QED) is 0.530. The van der Waals surface area contributed by atoms with Gasteiger partial charge in [0.2, 0.25) is 0 Å². The molecule has 0 saturated heterocycles. The molecule has 70 valence electrons. The van der Waals surface area contributed by atoms with Gasteiger partial charge < -0.3 is 10.2 Å². The lowest BCUT2D eigenvalue weighted by molar-refractivity contribution is -0.385.